The molecule has 0 radical (unpaired) electrons. The van der Waals surface area contributed by atoms with E-state index in [1.54, 1.807) is 0 Å². The lowest BCUT2D eigenvalue weighted by Crippen LogP contribution is -2.30. The lowest BCUT2D eigenvalue weighted by molar-refractivity contribution is 0.485. The summed E-state index contributed by atoms with van der Waals surface area (Å²) in [6.45, 7) is 8.66. The standard InChI is InChI=1S/C15H25N5/c1-5-12(6-2)10-19(7-3)15-14-17-8-9-20(14)11-13(16-4)18-15/h8-9,11-12,16H,5-7,10H2,1-4H3. The zero-order valence-electron chi connectivity index (χ0n) is 12.9. The van der Waals surface area contributed by atoms with E-state index >= 15 is 0 Å². The van der Waals surface area contributed by atoms with Gasteiger partial charge in [-0.3, -0.25) is 0 Å². The van der Waals surface area contributed by atoms with Gasteiger partial charge in [0.2, 0.25) is 0 Å². The number of nitrogens with zero attached hydrogens (tertiary/aromatic N) is 4. The smallest absolute Gasteiger partial charge is 0.180 e. The summed E-state index contributed by atoms with van der Waals surface area (Å²) in [5.74, 6) is 2.54. The van der Waals surface area contributed by atoms with Crippen molar-refractivity contribution in [3.8, 4) is 0 Å². The van der Waals surface area contributed by atoms with Crippen molar-refractivity contribution in [2.24, 2.45) is 5.92 Å². The molecule has 0 bridgehead atoms. The number of aromatic nitrogens is 3. The van der Waals surface area contributed by atoms with Gasteiger partial charge in [-0.2, -0.15) is 0 Å². The Hall–Kier alpha value is -1.78. The number of hydrogen-bond donors (Lipinski definition) is 1. The number of hydrogen-bond acceptors (Lipinski definition) is 4. The molecule has 0 aliphatic heterocycles. The van der Waals surface area contributed by atoms with Gasteiger partial charge in [-0.25, -0.2) is 9.97 Å². The van der Waals surface area contributed by atoms with Crippen molar-refractivity contribution >= 4 is 17.3 Å². The molecule has 5 nitrogen and oxygen atoms in total. The van der Waals surface area contributed by atoms with E-state index in [0.29, 0.717) is 5.92 Å². The lowest BCUT2D eigenvalue weighted by atomic mass is 10.0. The fourth-order valence-electron chi connectivity index (χ4n) is 2.47. The van der Waals surface area contributed by atoms with Crippen molar-refractivity contribution in [3.63, 3.8) is 0 Å². The van der Waals surface area contributed by atoms with Crippen LogP contribution in [0.4, 0.5) is 11.6 Å². The molecule has 0 aromatic carbocycles. The van der Waals surface area contributed by atoms with E-state index < -0.39 is 0 Å². The van der Waals surface area contributed by atoms with Crippen molar-refractivity contribution in [2.45, 2.75) is 33.6 Å². The topological polar surface area (TPSA) is 45.5 Å². The van der Waals surface area contributed by atoms with Crippen LogP contribution in [-0.4, -0.2) is 34.5 Å². The van der Waals surface area contributed by atoms with E-state index in [1.165, 1.54) is 12.8 Å². The summed E-state index contributed by atoms with van der Waals surface area (Å²) in [5.41, 5.74) is 0.928. The molecule has 0 atom stereocenters. The zero-order chi connectivity index (χ0) is 14.5. The molecule has 0 saturated carbocycles. The normalized spacial score (nSPS) is 11.2. The van der Waals surface area contributed by atoms with Crippen molar-refractivity contribution in [2.75, 3.05) is 30.4 Å². The minimum atomic E-state index is 0.699. The van der Waals surface area contributed by atoms with Crippen LogP contribution in [0.1, 0.15) is 33.6 Å². The Morgan fingerprint density at radius 3 is 2.65 bits per heavy atom. The van der Waals surface area contributed by atoms with Crippen molar-refractivity contribution in [3.05, 3.63) is 18.6 Å². The van der Waals surface area contributed by atoms with E-state index in [2.05, 4.69) is 36.0 Å². The van der Waals surface area contributed by atoms with Gasteiger partial charge in [-0.1, -0.05) is 26.7 Å². The molecule has 2 aromatic heterocycles. The monoisotopic (exact) mass is 275 g/mol. The van der Waals surface area contributed by atoms with Crippen molar-refractivity contribution < 1.29 is 0 Å². The van der Waals surface area contributed by atoms with Gasteiger partial charge in [0.15, 0.2) is 11.5 Å². The Kier molecular flexibility index (Phi) is 4.82. The molecule has 2 heterocycles. The summed E-state index contributed by atoms with van der Waals surface area (Å²) in [6, 6.07) is 0. The number of rotatable bonds is 7. The number of fused-ring (bicyclic) bond motifs is 1. The minimum absolute atomic E-state index is 0.699. The predicted molar refractivity (Wildman–Crippen MR) is 84.5 cm³/mol. The first-order valence-electron chi connectivity index (χ1n) is 7.49. The fraction of sp³-hybridized carbons (Fsp3) is 0.600. The molecular weight excluding hydrogens is 250 g/mol. The highest BCUT2D eigenvalue weighted by Crippen LogP contribution is 2.22. The SMILES string of the molecule is CCC(CC)CN(CC)c1nc(NC)cn2ccnc12. The molecule has 0 unspecified atom stereocenters. The fourth-order valence-corrected chi connectivity index (χ4v) is 2.47. The first-order chi connectivity index (χ1) is 9.73. The molecule has 0 aliphatic rings. The Bertz CT molecular complexity index is 544. The molecule has 110 valence electrons. The largest absolute Gasteiger partial charge is 0.372 e. The Labute approximate surface area is 121 Å². The Balaban J connectivity index is 2.39. The molecular formula is C15H25N5. The summed E-state index contributed by atoms with van der Waals surface area (Å²) < 4.78 is 2.03. The lowest BCUT2D eigenvalue weighted by Gasteiger charge is -2.27. The van der Waals surface area contributed by atoms with Crippen LogP contribution in [0.3, 0.4) is 0 Å². The summed E-state index contributed by atoms with van der Waals surface area (Å²) in [6.07, 6.45) is 8.15. The first-order valence-corrected chi connectivity index (χ1v) is 7.49. The minimum Gasteiger partial charge on any atom is -0.372 e. The van der Waals surface area contributed by atoms with Crippen LogP contribution in [0.25, 0.3) is 5.65 Å². The van der Waals surface area contributed by atoms with Crippen molar-refractivity contribution in [1.29, 1.82) is 0 Å². The van der Waals surface area contributed by atoms with E-state index in [-0.39, 0.29) is 0 Å². The maximum atomic E-state index is 4.72. The third-order valence-corrected chi connectivity index (χ3v) is 3.93. The molecule has 2 aromatic rings. The molecule has 0 spiro atoms. The van der Waals surface area contributed by atoms with Crippen LogP contribution < -0.4 is 10.2 Å². The van der Waals surface area contributed by atoms with E-state index in [0.717, 1.165) is 30.4 Å². The molecule has 5 heteroatoms. The number of anilines is 2. The van der Waals surface area contributed by atoms with E-state index in [4.69, 9.17) is 4.98 Å². The van der Waals surface area contributed by atoms with Gasteiger partial charge in [0.1, 0.15) is 5.82 Å². The second-order valence-corrected chi connectivity index (χ2v) is 5.08. The average molecular weight is 275 g/mol. The highest BCUT2D eigenvalue weighted by molar-refractivity contribution is 5.66. The zero-order valence-corrected chi connectivity index (χ0v) is 12.9. The van der Waals surface area contributed by atoms with Crippen LogP contribution in [0, 0.1) is 5.92 Å². The Morgan fingerprint density at radius 2 is 2.05 bits per heavy atom. The summed E-state index contributed by atoms with van der Waals surface area (Å²) in [7, 11) is 1.89. The molecule has 1 N–H and O–H groups in total. The summed E-state index contributed by atoms with van der Waals surface area (Å²) >= 11 is 0. The molecule has 0 saturated heterocycles. The van der Waals surface area contributed by atoms with E-state index in [1.807, 2.05) is 30.0 Å². The highest BCUT2D eigenvalue weighted by Gasteiger charge is 2.16. The predicted octanol–water partition coefficient (Wildman–Crippen LogP) is 3.03. The number of imidazole rings is 1. The quantitative estimate of drug-likeness (QED) is 0.843. The third-order valence-electron chi connectivity index (χ3n) is 3.93. The molecule has 0 amide bonds. The number of nitrogens with one attached hydrogen (secondary N) is 1. The molecule has 0 fully saturated rings. The van der Waals surface area contributed by atoms with E-state index in [9.17, 15) is 0 Å². The molecule has 20 heavy (non-hydrogen) atoms. The molecule has 0 aliphatic carbocycles. The maximum absolute atomic E-state index is 4.72. The van der Waals surface area contributed by atoms with Gasteiger partial charge in [0.25, 0.3) is 0 Å². The van der Waals surface area contributed by atoms with Gasteiger partial charge in [0, 0.05) is 32.5 Å². The first kappa shape index (κ1) is 14.6. The van der Waals surface area contributed by atoms with Crippen LogP contribution in [0.15, 0.2) is 18.6 Å². The second-order valence-electron chi connectivity index (χ2n) is 5.08. The Morgan fingerprint density at radius 1 is 1.30 bits per heavy atom. The van der Waals surface area contributed by atoms with Gasteiger partial charge in [-0.05, 0) is 12.8 Å². The van der Waals surface area contributed by atoms with Crippen LogP contribution in [0.2, 0.25) is 0 Å². The third kappa shape index (κ3) is 2.86. The van der Waals surface area contributed by atoms with Crippen LogP contribution >= 0.6 is 0 Å². The summed E-state index contributed by atoms with van der Waals surface area (Å²) in [5, 5.41) is 3.12. The van der Waals surface area contributed by atoms with Gasteiger partial charge in [-0.15, -0.1) is 0 Å². The maximum Gasteiger partial charge on any atom is 0.180 e. The van der Waals surface area contributed by atoms with Gasteiger partial charge < -0.3 is 14.6 Å². The van der Waals surface area contributed by atoms with Crippen LogP contribution in [-0.2, 0) is 0 Å². The van der Waals surface area contributed by atoms with Gasteiger partial charge in [0.05, 0.1) is 6.20 Å². The van der Waals surface area contributed by atoms with Crippen LogP contribution in [0.5, 0.6) is 0 Å². The van der Waals surface area contributed by atoms with Crippen molar-refractivity contribution in [1.82, 2.24) is 14.4 Å². The highest BCUT2D eigenvalue weighted by atomic mass is 15.2. The average Bonchev–Trinajstić information content (AvgIpc) is 2.96. The van der Waals surface area contributed by atoms with Gasteiger partial charge >= 0.3 is 0 Å². The molecule has 2 rings (SSSR count). The second kappa shape index (κ2) is 6.59. The summed E-state index contributed by atoms with van der Waals surface area (Å²) in [4.78, 5) is 11.5.